The van der Waals surface area contributed by atoms with Crippen LogP contribution in [0.2, 0.25) is 0 Å². The summed E-state index contributed by atoms with van der Waals surface area (Å²) in [4.78, 5) is 0. The van der Waals surface area contributed by atoms with Gasteiger partial charge in [-0.3, -0.25) is 0 Å². The van der Waals surface area contributed by atoms with Crippen molar-refractivity contribution >= 4 is 15.9 Å². The molecule has 5 heteroatoms. The third-order valence-electron chi connectivity index (χ3n) is 1.78. The van der Waals surface area contributed by atoms with Gasteiger partial charge in [0.25, 0.3) is 5.92 Å². The lowest BCUT2D eigenvalue weighted by Crippen LogP contribution is -2.30. The molecule has 0 spiro atoms. The van der Waals surface area contributed by atoms with Gasteiger partial charge in [0.05, 0.1) is 6.54 Å². The van der Waals surface area contributed by atoms with E-state index >= 15 is 0 Å². The molecule has 1 aromatic rings. The topological polar surface area (TPSA) is 46.2 Å². The van der Waals surface area contributed by atoms with Gasteiger partial charge in [0, 0.05) is 10.9 Å². The minimum atomic E-state index is -2.93. The van der Waals surface area contributed by atoms with Gasteiger partial charge in [0.2, 0.25) is 0 Å². The molecule has 78 valence electrons. The Morgan fingerprint density at radius 1 is 1.43 bits per heavy atom. The van der Waals surface area contributed by atoms with Crippen LogP contribution in [-0.4, -0.2) is 17.6 Å². The van der Waals surface area contributed by atoms with Crippen LogP contribution in [0.15, 0.2) is 22.7 Å². The Kier molecular flexibility index (Phi) is 3.44. The molecular formula is C9H10BrF2NO. The molecule has 0 fully saturated rings. The van der Waals surface area contributed by atoms with E-state index in [0.717, 1.165) is 0 Å². The van der Waals surface area contributed by atoms with Crippen molar-refractivity contribution in [1.82, 2.24) is 0 Å². The maximum atomic E-state index is 12.9. The van der Waals surface area contributed by atoms with Crippen LogP contribution < -0.4 is 5.73 Å². The van der Waals surface area contributed by atoms with Crippen LogP contribution in [0.1, 0.15) is 5.56 Å². The molecule has 1 rings (SSSR count). The number of hydrogen-bond donors (Lipinski definition) is 2. The number of benzene rings is 1. The number of phenolic OH excluding ortho intramolecular Hbond substituents is 1. The summed E-state index contributed by atoms with van der Waals surface area (Å²) in [5, 5.41) is 9.11. The zero-order valence-corrected chi connectivity index (χ0v) is 8.89. The fourth-order valence-electron chi connectivity index (χ4n) is 1.05. The monoisotopic (exact) mass is 265 g/mol. The lowest BCUT2D eigenvalue weighted by molar-refractivity contribution is 0.0113. The lowest BCUT2D eigenvalue weighted by atomic mass is 10.1. The molecular weight excluding hydrogens is 256 g/mol. The number of nitrogens with two attached hydrogens (primary N) is 1. The number of alkyl halides is 2. The lowest BCUT2D eigenvalue weighted by Gasteiger charge is -2.14. The van der Waals surface area contributed by atoms with E-state index in [1.807, 2.05) is 0 Å². The Morgan fingerprint density at radius 2 is 2.07 bits per heavy atom. The van der Waals surface area contributed by atoms with Crippen molar-refractivity contribution in [1.29, 1.82) is 0 Å². The van der Waals surface area contributed by atoms with Crippen LogP contribution in [-0.2, 0) is 6.42 Å². The van der Waals surface area contributed by atoms with Gasteiger partial charge in [-0.2, -0.15) is 0 Å². The zero-order chi connectivity index (χ0) is 10.8. The molecule has 0 saturated carbocycles. The summed E-state index contributed by atoms with van der Waals surface area (Å²) in [6.45, 7) is -0.699. The molecule has 2 nitrogen and oxygen atoms in total. The molecule has 0 saturated heterocycles. The first-order chi connectivity index (χ1) is 6.44. The number of rotatable bonds is 3. The molecule has 0 radical (unpaired) electrons. The number of aromatic hydroxyl groups is 1. The predicted molar refractivity (Wildman–Crippen MR) is 53.5 cm³/mol. The van der Waals surface area contributed by atoms with Gasteiger partial charge in [-0.1, -0.05) is 15.9 Å². The second-order valence-electron chi connectivity index (χ2n) is 3.01. The van der Waals surface area contributed by atoms with Crippen LogP contribution in [0.5, 0.6) is 5.75 Å². The van der Waals surface area contributed by atoms with Gasteiger partial charge in [0.15, 0.2) is 0 Å². The second-order valence-corrected chi connectivity index (χ2v) is 3.87. The summed E-state index contributed by atoms with van der Waals surface area (Å²) in [6, 6.07) is 4.25. The third kappa shape index (κ3) is 2.92. The van der Waals surface area contributed by atoms with Gasteiger partial charge in [-0.25, -0.2) is 8.78 Å². The fraction of sp³-hybridized carbons (Fsp3) is 0.333. The van der Waals surface area contributed by atoms with Crippen LogP contribution in [0.25, 0.3) is 0 Å². The maximum Gasteiger partial charge on any atom is 0.264 e. The Bertz CT molecular complexity index is 331. The van der Waals surface area contributed by atoms with E-state index in [1.54, 1.807) is 0 Å². The molecule has 0 atom stereocenters. The van der Waals surface area contributed by atoms with Crippen molar-refractivity contribution in [3.8, 4) is 5.75 Å². The van der Waals surface area contributed by atoms with E-state index in [1.165, 1.54) is 18.2 Å². The summed E-state index contributed by atoms with van der Waals surface area (Å²) in [5.74, 6) is -2.97. The SMILES string of the molecule is NCC(F)(F)Cc1cc(O)ccc1Br. The molecule has 0 aliphatic rings. The van der Waals surface area contributed by atoms with Crippen LogP contribution >= 0.6 is 15.9 Å². The van der Waals surface area contributed by atoms with Crippen molar-refractivity contribution in [3.05, 3.63) is 28.2 Å². The maximum absolute atomic E-state index is 12.9. The molecule has 0 bridgehead atoms. The molecule has 1 aromatic carbocycles. The fourth-order valence-corrected chi connectivity index (χ4v) is 1.43. The van der Waals surface area contributed by atoms with Crippen molar-refractivity contribution in [2.75, 3.05) is 6.54 Å². The van der Waals surface area contributed by atoms with Crippen molar-refractivity contribution in [3.63, 3.8) is 0 Å². The van der Waals surface area contributed by atoms with Gasteiger partial charge < -0.3 is 10.8 Å². The minimum absolute atomic E-state index is 0.0315. The molecule has 0 unspecified atom stereocenters. The standard InChI is InChI=1S/C9H10BrF2NO/c10-8-2-1-7(14)3-6(8)4-9(11,12)5-13/h1-3,14H,4-5,13H2. The third-order valence-corrected chi connectivity index (χ3v) is 2.55. The molecule has 0 aliphatic carbocycles. The van der Waals surface area contributed by atoms with E-state index in [2.05, 4.69) is 15.9 Å². The van der Waals surface area contributed by atoms with E-state index in [9.17, 15) is 8.78 Å². The first kappa shape index (κ1) is 11.4. The highest BCUT2D eigenvalue weighted by molar-refractivity contribution is 9.10. The number of phenols is 1. The van der Waals surface area contributed by atoms with Crippen LogP contribution in [0.4, 0.5) is 8.78 Å². The molecule has 0 aliphatic heterocycles. The number of hydrogen-bond acceptors (Lipinski definition) is 2. The summed E-state index contributed by atoms with van der Waals surface area (Å²) >= 11 is 3.13. The van der Waals surface area contributed by atoms with Crippen molar-refractivity contribution in [2.45, 2.75) is 12.3 Å². The highest BCUT2D eigenvalue weighted by Crippen LogP contribution is 2.27. The van der Waals surface area contributed by atoms with Crippen molar-refractivity contribution in [2.24, 2.45) is 5.73 Å². The van der Waals surface area contributed by atoms with E-state index in [-0.39, 0.29) is 5.75 Å². The van der Waals surface area contributed by atoms with Gasteiger partial charge in [-0.15, -0.1) is 0 Å². The highest BCUT2D eigenvalue weighted by Gasteiger charge is 2.28. The van der Waals surface area contributed by atoms with E-state index in [0.29, 0.717) is 10.0 Å². The highest BCUT2D eigenvalue weighted by atomic mass is 79.9. The normalized spacial score (nSPS) is 11.7. The van der Waals surface area contributed by atoms with E-state index < -0.39 is 18.9 Å². The summed E-state index contributed by atoms with van der Waals surface area (Å²) < 4.78 is 26.4. The first-order valence-electron chi connectivity index (χ1n) is 4.00. The smallest absolute Gasteiger partial charge is 0.264 e. The summed E-state index contributed by atoms with van der Waals surface area (Å²) in [6.07, 6.45) is -0.474. The summed E-state index contributed by atoms with van der Waals surface area (Å²) in [7, 11) is 0. The average Bonchev–Trinajstić information content (AvgIpc) is 2.11. The second kappa shape index (κ2) is 4.23. The Hall–Kier alpha value is -0.680. The first-order valence-corrected chi connectivity index (χ1v) is 4.79. The molecule has 0 heterocycles. The Morgan fingerprint density at radius 3 is 2.64 bits per heavy atom. The molecule has 0 amide bonds. The largest absolute Gasteiger partial charge is 0.508 e. The average molecular weight is 266 g/mol. The van der Waals surface area contributed by atoms with E-state index in [4.69, 9.17) is 10.8 Å². The molecule has 14 heavy (non-hydrogen) atoms. The van der Waals surface area contributed by atoms with Crippen molar-refractivity contribution < 1.29 is 13.9 Å². The van der Waals surface area contributed by atoms with Gasteiger partial charge in [-0.05, 0) is 23.8 Å². The number of halogens is 3. The minimum Gasteiger partial charge on any atom is -0.508 e. The predicted octanol–water partition coefficient (Wildman–Crippen LogP) is 2.29. The molecule has 0 aromatic heterocycles. The zero-order valence-electron chi connectivity index (χ0n) is 7.30. The molecule has 3 N–H and O–H groups in total. The Balaban J connectivity index is 2.91. The van der Waals surface area contributed by atoms with Crippen LogP contribution in [0.3, 0.4) is 0 Å². The Labute approximate surface area is 88.9 Å². The van der Waals surface area contributed by atoms with Crippen LogP contribution in [0, 0.1) is 0 Å². The summed E-state index contributed by atoms with van der Waals surface area (Å²) in [5.41, 5.74) is 5.26. The van der Waals surface area contributed by atoms with Gasteiger partial charge >= 0.3 is 0 Å². The van der Waals surface area contributed by atoms with Gasteiger partial charge in [0.1, 0.15) is 5.75 Å². The quantitative estimate of drug-likeness (QED) is 0.881.